The lowest BCUT2D eigenvalue weighted by atomic mass is 10.0. The van der Waals surface area contributed by atoms with Crippen molar-refractivity contribution in [1.82, 2.24) is 0 Å². The summed E-state index contributed by atoms with van der Waals surface area (Å²) in [7, 11) is 2.05. The smallest absolute Gasteiger partial charge is 0.241 e. The molecule has 1 heterocycles. The summed E-state index contributed by atoms with van der Waals surface area (Å²) in [6.07, 6.45) is 2.47. The number of rotatable bonds is 2. The molecular weight excluding hydrogens is 200 g/mol. The number of hydrogen-bond donors (Lipinski definition) is 1. The second-order valence-corrected chi connectivity index (χ2v) is 4.25. The number of likely N-dealkylation sites (N-methyl/N-ethyl adjacent to an activating group) is 1. The molecule has 2 N–H and O–H groups in total. The third-order valence-electron chi connectivity index (χ3n) is 3.15. The van der Waals surface area contributed by atoms with E-state index in [1.54, 1.807) is 0 Å². The van der Waals surface area contributed by atoms with Crippen LogP contribution in [0.25, 0.3) is 0 Å². The standard InChI is InChI=1S/C13H16N2O/c1-9(7-13(14)16)12-8-10-5-3-4-6-11(10)15(12)2/h3-7,12H,8H2,1-2H3,(H2,14,16). The van der Waals surface area contributed by atoms with Crippen LogP contribution in [0, 0.1) is 0 Å². The van der Waals surface area contributed by atoms with E-state index in [9.17, 15) is 4.79 Å². The molecular formula is C13H16N2O. The Morgan fingerprint density at radius 3 is 2.81 bits per heavy atom. The molecule has 0 radical (unpaired) electrons. The average molecular weight is 216 g/mol. The molecule has 0 aliphatic carbocycles. The van der Waals surface area contributed by atoms with E-state index in [1.807, 2.05) is 19.1 Å². The predicted molar refractivity (Wildman–Crippen MR) is 65.3 cm³/mol. The zero-order chi connectivity index (χ0) is 11.7. The molecule has 1 unspecified atom stereocenters. The molecule has 0 saturated carbocycles. The van der Waals surface area contributed by atoms with E-state index >= 15 is 0 Å². The number of carbonyl (C=O) groups is 1. The van der Waals surface area contributed by atoms with Crippen LogP contribution in [-0.2, 0) is 11.2 Å². The Morgan fingerprint density at radius 1 is 1.50 bits per heavy atom. The van der Waals surface area contributed by atoms with Crippen molar-refractivity contribution in [3.63, 3.8) is 0 Å². The third kappa shape index (κ3) is 1.81. The van der Waals surface area contributed by atoms with Crippen molar-refractivity contribution in [3.8, 4) is 0 Å². The molecule has 1 amide bonds. The van der Waals surface area contributed by atoms with Gasteiger partial charge >= 0.3 is 0 Å². The number of hydrogen-bond acceptors (Lipinski definition) is 2. The fourth-order valence-corrected chi connectivity index (χ4v) is 2.33. The summed E-state index contributed by atoms with van der Waals surface area (Å²) in [5, 5.41) is 0. The summed E-state index contributed by atoms with van der Waals surface area (Å²) >= 11 is 0. The Kier molecular flexibility index (Phi) is 2.69. The van der Waals surface area contributed by atoms with Gasteiger partial charge in [0.2, 0.25) is 5.91 Å². The molecule has 1 atom stereocenters. The SMILES string of the molecule is CC(=CC(N)=O)C1Cc2ccccc2N1C. The minimum atomic E-state index is -0.373. The molecule has 1 aliphatic heterocycles. The average Bonchev–Trinajstić information content (AvgIpc) is 2.56. The highest BCUT2D eigenvalue weighted by atomic mass is 16.1. The number of para-hydroxylation sites is 1. The van der Waals surface area contributed by atoms with E-state index in [4.69, 9.17) is 5.73 Å². The van der Waals surface area contributed by atoms with Crippen LogP contribution in [0.4, 0.5) is 5.69 Å². The lowest BCUT2D eigenvalue weighted by molar-refractivity contribution is -0.113. The van der Waals surface area contributed by atoms with Crippen molar-refractivity contribution < 1.29 is 4.79 Å². The van der Waals surface area contributed by atoms with Crippen LogP contribution in [0.1, 0.15) is 12.5 Å². The molecule has 1 aromatic carbocycles. The van der Waals surface area contributed by atoms with E-state index in [-0.39, 0.29) is 11.9 Å². The number of primary amides is 1. The molecule has 3 heteroatoms. The number of carbonyl (C=O) groups excluding carboxylic acids is 1. The van der Waals surface area contributed by atoms with Gasteiger partial charge < -0.3 is 10.6 Å². The Morgan fingerprint density at radius 2 is 2.19 bits per heavy atom. The summed E-state index contributed by atoms with van der Waals surface area (Å²) in [4.78, 5) is 13.1. The third-order valence-corrected chi connectivity index (χ3v) is 3.15. The van der Waals surface area contributed by atoms with Crippen molar-refractivity contribution in [1.29, 1.82) is 0 Å². The Bertz CT molecular complexity index is 451. The molecule has 0 aromatic heterocycles. The van der Waals surface area contributed by atoms with Crippen LogP contribution in [-0.4, -0.2) is 19.0 Å². The fourth-order valence-electron chi connectivity index (χ4n) is 2.33. The lowest BCUT2D eigenvalue weighted by Crippen LogP contribution is -2.29. The zero-order valence-electron chi connectivity index (χ0n) is 9.60. The highest BCUT2D eigenvalue weighted by molar-refractivity contribution is 5.86. The van der Waals surface area contributed by atoms with Crippen molar-refractivity contribution >= 4 is 11.6 Å². The normalized spacial score (nSPS) is 19.8. The molecule has 1 aromatic rings. The van der Waals surface area contributed by atoms with Crippen LogP contribution in [0.5, 0.6) is 0 Å². The van der Waals surface area contributed by atoms with E-state index in [1.165, 1.54) is 17.3 Å². The number of nitrogens with zero attached hydrogens (tertiary/aromatic N) is 1. The van der Waals surface area contributed by atoms with Crippen molar-refractivity contribution in [3.05, 3.63) is 41.5 Å². The topological polar surface area (TPSA) is 46.3 Å². The Balaban J connectivity index is 2.28. The van der Waals surface area contributed by atoms with Gasteiger partial charge in [-0.1, -0.05) is 18.2 Å². The lowest BCUT2D eigenvalue weighted by Gasteiger charge is -2.23. The van der Waals surface area contributed by atoms with Crippen LogP contribution in [0.15, 0.2) is 35.9 Å². The number of fused-ring (bicyclic) bond motifs is 1. The van der Waals surface area contributed by atoms with Gasteiger partial charge in [0.25, 0.3) is 0 Å². The van der Waals surface area contributed by atoms with E-state index in [2.05, 4.69) is 24.1 Å². The summed E-state index contributed by atoms with van der Waals surface area (Å²) in [5.41, 5.74) is 8.76. The zero-order valence-corrected chi connectivity index (χ0v) is 9.60. The minimum absolute atomic E-state index is 0.255. The number of anilines is 1. The largest absolute Gasteiger partial charge is 0.367 e. The minimum Gasteiger partial charge on any atom is -0.367 e. The monoisotopic (exact) mass is 216 g/mol. The molecule has 84 valence electrons. The van der Waals surface area contributed by atoms with E-state index < -0.39 is 0 Å². The molecule has 0 bridgehead atoms. The van der Waals surface area contributed by atoms with Crippen LogP contribution >= 0.6 is 0 Å². The molecule has 16 heavy (non-hydrogen) atoms. The van der Waals surface area contributed by atoms with Gasteiger partial charge in [-0.15, -0.1) is 0 Å². The molecule has 0 saturated heterocycles. The molecule has 3 nitrogen and oxygen atoms in total. The van der Waals surface area contributed by atoms with E-state index in [0.29, 0.717) is 0 Å². The Labute approximate surface area is 95.6 Å². The molecule has 2 rings (SSSR count). The van der Waals surface area contributed by atoms with Gasteiger partial charge in [0, 0.05) is 18.8 Å². The summed E-state index contributed by atoms with van der Waals surface area (Å²) in [5.74, 6) is -0.373. The maximum absolute atomic E-state index is 10.9. The first-order valence-electron chi connectivity index (χ1n) is 5.38. The first-order chi connectivity index (χ1) is 7.59. The number of nitrogens with two attached hydrogens (primary N) is 1. The van der Waals surface area contributed by atoms with Crippen molar-refractivity contribution in [2.75, 3.05) is 11.9 Å². The highest BCUT2D eigenvalue weighted by Gasteiger charge is 2.26. The first-order valence-corrected chi connectivity index (χ1v) is 5.38. The summed E-state index contributed by atoms with van der Waals surface area (Å²) in [6, 6.07) is 8.56. The van der Waals surface area contributed by atoms with Gasteiger partial charge in [-0.3, -0.25) is 4.79 Å². The van der Waals surface area contributed by atoms with Gasteiger partial charge in [-0.05, 0) is 30.5 Å². The van der Waals surface area contributed by atoms with Crippen molar-refractivity contribution in [2.45, 2.75) is 19.4 Å². The Hall–Kier alpha value is -1.77. The van der Waals surface area contributed by atoms with Crippen LogP contribution in [0.3, 0.4) is 0 Å². The number of amides is 1. The first kappa shape index (κ1) is 10.7. The van der Waals surface area contributed by atoms with Gasteiger partial charge in [0.05, 0.1) is 6.04 Å². The quantitative estimate of drug-likeness (QED) is 0.761. The summed E-state index contributed by atoms with van der Waals surface area (Å²) < 4.78 is 0. The second-order valence-electron chi connectivity index (χ2n) is 4.25. The van der Waals surface area contributed by atoms with Gasteiger partial charge in [-0.25, -0.2) is 0 Å². The maximum atomic E-state index is 10.9. The van der Waals surface area contributed by atoms with Gasteiger partial charge in [-0.2, -0.15) is 0 Å². The van der Waals surface area contributed by atoms with Crippen LogP contribution < -0.4 is 10.6 Å². The summed E-state index contributed by atoms with van der Waals surface area (Å²) in [6.45, 7) is 1.96. The predicted octanol–water partition coefficient (Wildman–Crippen LogP) is 1.48. The van der Waals surface area contributed by atoms with Crippen molar-refractivity contribution in [2.24, 2.45) is 5.73 Å². The van der Waals surface area contributed by atoms with E-state index in [0.717, 1.165) is 12.0 Å². The van der Waals surface area contributed by atoms with Gasteiger partial charge in [0.1, 0.15) is 0 Å². The molecule has 0 fully saturated rings. The number of benzene rings is 1. The van der Waals surface area contributed by atoms with Gasteiger partial charge in [0.15, 0.2) is 0 Å². The van der Waals surface area contributed by atoms with Crippen LogP contribution in [0.2, 0.25) is 0 Å². The molecule has 1 aliphatic rings. The second kappa shape index (κ2) is 4.00. The molecule has 0 spiro atoms. The highest BCUT2D eigenvalue weighted by Crippen LogP contribution is 2.33. The maximum Gasteiger partial charge on any atom is 0.241 e. The fraction of sp³-hybridized carbons (Fsp3) is 0.308.